The van der Waals surface area contributed by atoms with Gasteiger partial charge in [-0.15, -0.1) is 0 Å². The quantitative estimate of drug-likeness (QED) is 0.396. The Hall–Kier alpha value is -3.92. The van der Waals surface area contributed by atoms with E-state index >= 15 is 0 Å². The van der Waals surface area contributed by atoms with E-state index in [-0.39, 0.29) is 37.2 Å². The lowest BCUT2D eigenvalue weighted by Gasteiger charge is -2.32. The minimum Gasteiger partial charge on any atom is -0.397 e. The summed E-state index contributed by atoms with van der Waals surface area (Å²) in [6.07, 6.45) is 0.781. The summed E-state index contributed by atoms with van der Waals surface area (Å²) in [7, 11) is 0. The van der Waals surface area contributed by atoms with Gasteiger partial charge in [-0.05, 0) is 54.4 Å². The molecule has 10 heteroatoms. The first-order valence-corrected chi connectivity index (χ1v) is 12.7. The van der Waals surface area contributed by atoms with Crippen LogP contribution in [-0.4, -0.2) is 37.5 Å². The van der Waals surface area contributed by atoms with E-state index in [9.17, 15) is 14.4 Å². The number of halogens is 1. The molecular weight excluding hydrogens is 508 g/mol. The van der Waals surface area contributed by atoms with Crippen molar-refractivity contribution in [2.24, 2.45) is 0 Å². The Labute approximate surface area is 224 Å². The maximum Gasteiger partial charge on any atom is 0.292 e. The normalized spacial score (nSPS) is 15.8. The smallest absolute Gasteiger partial charge is 0.292 e. The van der Waals surface area contributed by atoms with Crippen molar-refractivity contribution < 1.29 is 23.9 Å². The second kappa shape index (κ2) is 10.8. The lowest BCUT2D eigenvalue weighted by molar-refractivity contribution is -0.256. The fraction of sp³-hybridized carbons (Fsp3) is 0.250. The third-order valence-electron chi connectivity index (χ3n) is 6.51. The van der Waals surface area contributed by atoms with Gasteiger partial charge in [0.25, 0.3) is 17.6 Å². The van der Waals surface area contributed by atoms with Gasteiger partial charge in [0.1, 0.15) is 0 Å². The molecule has 9 nitrogen and oxygen atoms in total. The van der Waals surface area contributed by atoms with Crippen LogP contribution in [0.2, 0.25) is 5.02 Å². The van der Waals surface area contributed by atoms with Crippen LogP contribution in [0, 0.1) is 0 Å². The molecule has 0 aliphatic carbocycles. The minimum atomic E-state index is -1.50. The fourth-order valence-corrected chi connectivity index (χ4v) is 4.70. The first kappa shape index (κ1) is 25.7. The molecule has 3 amide bonds. The van der Waals surface area contributed by atoms with Gasteiger partial charge in [0.2, 0.25) is 5.91 Å². The Kier molecular flexibility index (Phi) is 7.33. The average Bonchev–Trinajstić information content (AvgIpc) is 3.14. The molecule has 3 aromatic carbocycles. The molecule has 38 heavy (non-hydrogen) atoms. The van der Waals surface area contributed by atoms with Crippen LogP contribution in [0.3, 0.4) is 0 Å². The van der Waals surface area contributed by atoms with E-state index in [1.54, 1.807) is 66.7 Å². The molecule has 0 bridgehead atoms. The number of para-hydroxylation sites is 2. The largest absolute Gasteiger partial charge is 0.397 e. The number of anilines is 3. The molecular formula is C28H27ClN4O5. The SMILES string of the molecule is Nc1ccccc1NC(=O)c1ccc(CNC(=O)CCN2C(=O)C3(OCCCO3)c3cc(Cl)ccc32)cc1. The molecule has 1 spiro atoms. The van der Waals surface area contributed by atoms with Gasteiger partial charge >= 0.3 is 0 Å². The summed E-state index contributed by atoms with van der Waals surface area (Å²) in [6.45, 7) is 1.23. The van der Waals surface area contributed by atoms with Crippen molar-refractivity contribution in [2.45, 2.75) is 25.2 Å². The summed E-state index contributed by atoms with van der Waals surface area (Å²) in [5.41, 5.74) is 9.40. The molecule has 2 aliphatic heterocycles. The Bertz CT molecular complexity index is 1370. The number of nitrogens with one attached hydrogen (secondary N) is 2. The Morgan fingerprint density at radius 2 is 1.76 bits per heavy atom. The molecule has 2 aliphatic rings. The number of hydrogen-bond acceptors (Lipinski definition) is 6. The minimum absolute atomic E-state index is 0.0862. The van der Waals surface area contributed by atoms with Crippen molar-refractivity contribution in [3.05, 3.63) is 88.4 Å². The van der Waals surface area contributed by atoms with Gasteiger partial charge in [0, 0.05) is 35.7 Å². The molecule has 196 valence electrons. The van der Waals surface area contributed by atoms with E-state index in [0.29, 0.717) is 52.8 Å². The van der Waals surface area contributed by atoms with E-state index < -0.39 is 5.79 Å². The summed E-state index contributed by atoms with van der Waals surface area (Å²) < 4.78 is 11.6. The van der Waals surface area contributed by atoms with Crippen molar-refractivity contribution in [1.82, 2.24) is 5.32 Å². The summed E-state index contributed by atoms with van der Waals surface area (Å²) in [5, 5.41) is 6.12. The first-order valence-electron chi connectivity index (χ1n) is 12.3. The van der Waals surface area contributed by atoms with E-state index in [0.717, 1.165) is 5.56 Å². The van der Waals surface area contributed by atoms with Crippen LogP contribution < -0.4 is 21.3 Å². The predicted molar refractivity (Wildman–Crippen MR) is 144 cm³/mol. The number of carbonyl (C=O) groups excluding carboxylic acids is 3. The maximum absolute atomic E-state index is 13.3. The highest BCUT2D eigenvalue weighted by molar-refractivity contribution is 6.31. The monoisotopic (exact) mass is 534 g/mol. The highest BCUT2D eigenvalue weighted by Crippen LogP contribution is 2.46. The molecule has 0 unspecified atom stereocenters. The van der Waals surface area contributed by atoms with Gasteiger partial charge in [-0.2, -0.15) is 0 Å². The van der Waals surface area contributed by atoms with Gasteiger partial charge in [-0.3, -0.25) is 14.4 Å². The number of benzene rings is 3. The van der Waals surface area contributed by atoms with Crippen LogP contribution in [0.25, 0.3) is 0 Å². The van der Waals surface area contributed by atoms with Crippen molar-refractivity contribution in [3.63, 3.8) is 0 Å². The molecule has 3 aromatic rings. The highest BCUT2D eigenvalue weighted by atomic mass is 35.5. The van der Waals surface area contributed by atoms with Crippen LogP contribution in [0.4, 0.5) is 17.1 Å². The number of nitrogens with zero attached hydrogens (tertiary/aromatic N) is 1. The fourth-order valence-electron chi connectivity index (χ4n) is 4.52. The zero-order valence-electron chi connectivity index (χ0n) is 20.5. The lowest BCUT2D eigenvalue weighted by atomic mass is 10.1. The molecule has 1 fully saturated rings. The third-order valence-corrected chi connectivity index (χ3v) is 6.74. The second-order valence-corrected chi connectivity index (χ2v) is 9.49. The number of amides is 3. The van der Waals surface area contributed by atoms with Crippen LogP contribution in [0.15, 0.2) is 66.7 Å². The van der Waals surface area contributed by atoms with Crippen LogP contribution >= 0.6 is 11.6 Å². The molecule has 0 saturated carbocycles. The molecule has 5 rings (SSSR count). The number of hydrogen-bond donors (Lipinski definition) is 3. The summed E-state index contributed by atoms with van der Waals surface area (Å²) >= 11 is 6.19. The van der Waals surface area contributed by atoms with Gasteiger partial charge in [0.15, 0.2) is 0 Å². The Morgan fingerprint density at radius 3 is 2.50 bits per heavy atom. The third kappa shape index (κ3) is 5.08. The maximum atomic E-state index is 13.3. The van der Waals surface area contributed by atoms with E-state index in [1.807, 2.05) is 0 Å². The van der Waals surface area contributed by atoms with E-state index in [4.69, 9.17) is 26.8 Å². The molecule has 0 aromatic heterocycles. The first-order chi connectivity index (χ1) is 18.4. The molecule has 4 N–H and O–H groups in total. The van der Waals surface area contributed by atoms with Gasteiger partial charge in [0.05, 0.1) is 30.3 Å². The Morgan fingerprint density at radius 1 is 1.03 bits per heavy atom. The van der Waals surface area contributed by atoms with E-state index in [1.165, 1.54) is 4.90 Å². The van der Waals surface area contributed by atoms with Crippen LogP contribution in [0.1, 0.15) is 34.3 Å². The number of ether oxygens (including phenoxy) is 2. The van der Waals surface area contributed by atoms with Gasteiger partial charge in [-0.1, -0.05) is 35.9 Å². The van der Waals surface area contributed by atoms with Crippen LogP contribution in [-0.2, 0) is 31.4 Å². The average molecular weight is 535 g/mol. The predicted octanol–water partition coefficient (Wildman–Crippen LogP) is 3.82. The van der Waals surface area contributed by atoms with Crippen molar-refractivity contribution in [3.8, 4) is 0 Å². The van der Waals surface area contributed by atoms with Crippen LogP contribution in [0.5, 0.6) is 0 Å². The number of carbonyl (C=O) groups is 3. The standard InChI is InChI=1S/C28H27ClN4O5/c29-20-10-11-24-21(16-20)28(37-14-3-15-38-28)27(36)33(24)13-12-25(34)31-17-18-6-8-19(9-7-18)26(35)32-23-5-2-1-4-22(23)30/h1-2,4-11,16H,3,12-15,17,30H2,(H,31,34)(H,32,35). The summed E-state index contributed by atoms with van der Waals surface area (Å²) in [6, 6.07) is 19.1. The molecule has 1 saturated heterocycles. The molecule has 0 atom stereocenters. The summed E-state index contributed by atoms with van der Waals surface area (Å²) in [4.78, 5) is 40.0. The van der Waals surface area contributed by atoms with Gasteiger partial charge < -0.3 is 30.7 Å². The second-order valence-electron chi connectivity index (χ2n) is 9.05. The van der Waals surface area contributed by atoms with Crippen molar-refractivity contribution >= 4 is 46.4 Å². The zero-order valence-corrected chi connectivity index (χ0v) is 21.3. The number of nitrogens with two attached hydrogens (primary N) is 1. The van der Waals surface area contributed by atoms with E-state index in [2.05, 4.69) is 10.6 Å². The van der Waals surface area contributed by atoms with Crippen molar-refractivity contribution in [1.29, 1.82) is 0 Å². The van der Waals surface area contributed by atoms with Gasteiger partial charge in [-0.25, -0.2) is 0 Å². The molecule has 2 heterocycles. The Balaban J connectivity index is 1.16. The topological polar surface area (TPSA) is 123 Å². The number of fused-ring (bicyclic) bond motifs is 2. The number of nitrogen functional groups attached to an aromatic ring is 1. The summed E-state index contributed by atoms with van der Waals surface area (Å²) in [5.74, 6) is -2.36. The molecule has 0 radical (unpaired) electrons. The number of rotatable bonds is 7. The van der Waals surface area contributed by atoms with Crippen molar-refractivity contribution in [2.75, 3.05) is 35.7 Å². The highest BCUT2D eigenvalue weighted by Gasteiger charge is 2.54. The lowest BCUT2D eigenvalue weighted by Crippen LogP contribution is -2.47. The zero-order chi connectivity index (χ0) is 26.7.